The number of thioether (sulfide) groups is 1. The number of likely N-dealkylation sites (N-methyl/N-ethyl adjacent to an activating group) is 1. The van der Waals surface area contributed by atoms with Gasteiger partial charge in [-0.1, -0.05) is 12.8 Å². The maximum atomic E-state index is 5.84. The van der Waals surface area contributed by atoms with Crippen LogP contribution in [-0.4, -0.2) is 43.1 Å². The van der Waals surface area contributed by atoms with Crippen LogP contribution in [0.25, 0.3) is 0 Å². The van der Waals surface area contributed by atoms with Crippen LogP contribution in [0, 0.1) is 5.92 Å². The normalized spacial score (nSPS) is 20.0. The summed E-state index contributed by atoms with van der Waals surface area (Å²) in [7, 11) is 2.25. The minimum absolute atomic E-state index is 0.595. The molecule has 0 aromatic carbocycles. The van der Waals surface area contributed by atoms with E-state index in [0.29, 0.717) is 6.04 Å². The molecule has 0 aliphatic heterocycles. The van der Waals surface area contributed by atoms with E-state index >= 15 is 0 Å². The van der Waals surface area contributed by atoms with Crippen molar-refractivity contribution in [3.63, 3.8) is 0 Å². The fraction of sp³-hybridized carbons (Fsp3) is 1.00. The molecule has 15 heavy (non-hydrogen) atoms. The van der Waals surface area contributed by atoms with E-state index in [9.17, 15) is 0 Å². The average molecular weight is 230 g/mol. The van der Waals surface area contributed by atoms with Gasteiger partial charge in [0.2, 0.25) is 0 Å². The highest BCUT2D eigenvalue weighted by Gasteiger charge is 2.20. The van der Waals surface area contributed by atoms with Crippen molar-refractivity contribution >= 4 is 11.8 Å². The van der Waals surface area contributed by atoms with Gasteiger partial charge in [-0.2, -0.15) is 11.8 Å². The molecule has 1 fully saturated rings. The predicted molar refractivity (Wildman–Crippen MR) is 70.4 cm³/mol. The highest BCUT2D eigenvalue weighted by molar-refractivity contribution is 7.98. The number of hydrogen-bond donors (Lipinski definition) is 1. The largest absolute Gasteiger partial charge is 0.329 e. The third-order valence-electron chi connectivity index (χ3n) is 3.57. The standard InChI is InChI=1S/C12H26N2S/c1-14(10-11-5-3-4-6-11)12(9-13)7-8-15-2/h11-12H,3-10,13H2,1-2H3. The van der Waals surface area contributed by atoms with Crippen LogP contribution in [0.15, 0.2) is 0 Å². The van der Waals surface area contributed by atoms with Crippen molar-refractivity contribution in [1.29, 1.82) is 0 Å². The van der Waals surface area contributed by atoms with E-state index in [-0.39, 0.29) is 0 Å². The van der Waals surface area contributed by atoms with Crippen molar-refractivity contribution < 1.29 is 0 Å². The molecule has 0 spiro atoms. The van der Waals surface area contributed by atoms with Gasteiger partial charge >= 0.3 is 0 Å². The van der Waals surface area contributed by atoms with Crippen LogP contribution in [0.3, 0.4) is 0 Å². The molecule has 3 heteroatoms. The Morgan fingerprint density at radius 2 is 2.07 bits per heavy atom. The quantitative estimate of drug-likeness (QED) is 0.727. The van der Waals surface area contributed by atoms with Crippen LogP contribution in [0.5, 0.6) is 0 Å². The molecule has 90 valence electrons. The first kappa shape index (κ1) is 13.3. The number of hydrogen-bond acceptors (Lipinski definition) is 3. The zero-order chi connectivity index (χ0) is 11.1. The van der Waals surface area contributed by atoms with Gasteiger partial charge in [-0.15, -0.1) is 0 Å². The second kappa shape index (κ2) is 7.53. The molecule has 0 aromatic heterocycles. The number of nitrogens with zero attached hydrogens (tertiary/aromatic N) is 1. The van der Waals surface area contributed by atoms with Crippen LogP contribution >= 0.6 is 11.8 Å². The first-order valence-corrected chi connectivity index (χ1v) is 7.56. The molecule has 0 radical (unpaired) electrons. The van der Waals surface area contributed by atoms with Gasteiger partial charge in [-0.25, -0.2) is 0 Å². The predicted octanol–water partition coefficient (Wildman–Crippen LogP) is 2.19. The summed E-state index contributed by atoms with van der Waals surface area (Å²) in [6, 6.07) is 0.595. The van der Waals surface area contributed by atoms with Crippen LogP contribution in [0.2, 0.25) is 0 Å². The van der Waals surface area contributed by atoms with E-state index in [1.165, 1.54) is 44.4 Å². The van der Waals surface area contributed by atoms with Crippen molar-refractivity contribution in [2.24, 2.45) is 11.7 Å². The van der Waals surface area contributed by atoms with Crippen LogP contribution in [0.1, 0.15) is 32.1 Å². The molecule has 2 nitrogen and oxygen atoms in total. The SMILES string of the molecule is CSCCC(CN)N(C)CC1CCCC1. The summed E-state index contributed by atoms with van der Waals surface area (Å²) in [5.41, 5.74) is 5.84. The summed E-state index contributed by atoms with van der Waals surface area (Å²) >= 11 is 1.92. The zero-order valence-electron chi connectivity index (χ0n) is 10.2. The van der Waals surface area contributed by atoms with E-state index in [0.717, 1.165) is 12.5 Å². The first-order chi connectivity index (χ1) is 7.27. The highest BCUT2D eigenvalue weighted by Crippen LogP contribution is 2.25. The van der Waals surface area contributed by atoms with E-state index in [4.69, 9.17) is 5.73 Å². The lowest BCUT2D eigenvalue weighted by Gasteiger charge is -2.29. The van der Waals surface area contributed by atoms with Gasteiger partial charge < -0.3 is 10.6 Å². The van der Waals surface area contributed by atoms with Crippen molar-refractivity contribution in [1.82, 2.24) is 4.90 Å². The molecule has 1 atom stereocenters. The Morgan fingerprint density at radius 3 is 2.60 bits per heavy atom. The van der Waals surface area contributed by atoms with Crippen molar-refractivity contribution in [2.75, 3.05) is 32.1 Å². The summed E-state index contributed by atoms with van der Waals surface area (Å²) in [6.07, 6.45) is 9.16. The maximum absolute atomic E-state index is 5.84. The van der Waals surface area contributed by atoms with Gasteiger partial charge in [-0.3, -0.25) is 0 Å². The van der Waals surface area contributed by atoms with E-state index < -0.39 is 0 Å². The molecule has 1 saturated carbocycles. The minimum atomic E-state index is 0.595. The molecule has 1 aliphatic rings. The summed E-state index contributed by atoms with van der Waals surface area (Å²) in [5.74, 6) is 2.18. The lowest BCUT2D eigenvalue weighted by atomic mass is 10.1. The van der Waals surface area contributed by atoms with E-state index in [2.05, 4.69) is 18.2 Å². The summed E-state index contributed by atoms with van der Waals surface area (Å²) in [4.78, 5) is 2.49. The lowest BCUT2D eigenvalue weighted by Crippen LogP contribution is -2.40. The van der Waals surface area contributed by atoms with Crippen LogP contribution in [0.4, 0.5) is 0 Å². The monoisotopic (exact) mass is 230 g/mol. The van der Waals surface area contributed by atoms with Gasteiger partial charge in [0.25, 0.3) is 0 Å². The van der Waals surface area contributed by atoms with Gasteiger partial charge in [0.15, 0.2) is 0 Å². The highest BCUT2D eigenvalue weighted by atomic mass is 32.2. The molecular weight excluding hydrogens is 204 g/mol. The smallest absolute Gasteiger partial charge is 0.0223 e. The lowest BCUT2D eigenvalue weighted by molar-refractivity contribution is 0.207. The van der Waals surface area contributed by atoms with E-state index in [1.54, 1.807) is 0 Å². The Labute approximate surface area is 99.0 Å². The summed E-state index contributed by atoms with van der Waals surface area (Å²) < 4.78 is 0. The molecule has 1 rings (SSSR count). The first-order valence-electron chi connectivity index (χ1n) is 6.17. The van der Waals surface area contributed by atoms with Crippen molar-refractivity contribution in [3.05, 3.63) is 0 Å². The summed E-state index contributed by atoms with van der Waals surface area (Å²) in [5, 5.41) is 0. The van der Waals surface area contributed by atoms with Gasteiger partial charge in [0, 0.05) is 19.1 Å². The molecule has 1 unspecified atom stereocenters. The number of rotatable bonds is 7. The molecule has 0 saturated heterocycles. The van der Waals surface area contributed by atoms with Crippen molar-refractivity contribution in [3.8, 4) is 0 Å². The molecule has 0 bridgehead atoms. The second-order valence-corrected chi connectivity index (χ2v) is 5.75. The Kier molecular flexibility index (Phi) is 6.69. The fourth-order valence-electron chi connectivity index (χ4n) is 2.52. The van der Waals surface area contributed by atoms with Gasteiger partial charge in [0.1, 0.15) is 0 Å². The topological polar surface area (TPSA) is 29.3 Å². The minimum Gasteiger partial charge on any atom is -0.329 e. The average Bonchev–Trinajstić information content (AvgIpc) is 2.71. The van der Waals surface area contributed by atoms with Gasteiger partial charge in [0.05, 0.1) is 0 Å². The van der Waals surface area contributed by atoms with Crippen LogP contribution < -0.4 is 5.73 Å². The van der Waals surface area contributed by atoms with Crippen molar-refractivity contribution in [2.45, 2.75) is 38.1 Å². The van der Waals surface area contributed by atoms with Gasteiger partial charge in [-0.05, 0) is 44.2 Å². The van der Waals surface area contributed by atoms with Crippen LogP contribution in [-0.2, 0) is 0 Å². The third-order valence-corrected chi connectivity index (χ3v) is 4.22. The Balaban J connectivity index is 2.24. The molecule has 2 N–H and O–H groups in total. The maximum Gasteiger partial charge on any atom is 0.0223 e. The molecule has 1 aliphatic carbocycles. The second-order valence-electron chi connectivity index (χ2n) is 4.76. The Hall–Kier alpha value is 0.270. The molecule has 0 aromatic rings. The van der Waals surface area contributed by atoms with E-state index in [1.807, 2.05) is 11.8 Å². The Bertz CT molecular complexity index is 158. The molecule has 0 amide bonds. The molecule has 0 heterocycles. The summed E-state index contributed by atoms with van der Waals surface area (Å²) in [6.45, 7) is 2.07. The number of nitrogens with two attached hydrogens (primary N) is 1. The molecular formula is C12H26N2S. The zero-order valence-corrected chi connectivity index (χ0v) is 11.1. The fourth-order valence-corrected chi connectivity index (χ4v) is 3.03. The third kappa shape index (κ3) is 4.75. The Morgan fingerprint density at radius 1 is 1.40 bits per heavy atom.